The zero-order valence-corrected chi connectivity index (χ0v) is 13.4. The van der Waals surface area contributed by atoms with Crippen LogP contribution in [0.1, 0.15) is 25.4 Å². The van der Waals surface area contributed by atoms with E-state index >= 15 is 0 Å². The molecule has 8 heteroatoms. The molecule has 0 unspecified atom stereocenters. The number of carboxylic acids is 1. The van der Waals surface area contributed by atoms with Crippen LogP contribution >= 0.6 is 12.2 Å². The number of carbonyl (C=O) groups is 1. The second-order valence-electron chi connectivity index (χ2n) is 5.59. The van der Waals surface area contributed by atoms with Crippen molar-refractivity contribution in [3.05, 3.63) is 34.8 Å². The van der Waals surface area contributed by atoms with Gasteiger partial charge in [0.15, 0.2) is 4.77 Å². The summed E-state index contributed by atoms with van der Waals surface area (Å²) in [7, 11) is 0. The molecule has 2 rings (SSSR count). The summed E-state index contributed by atoms with van der Waals surface area (Å²) in [5.74, 6) is 0.888. The predicted octanol–water partition coefficient (Wildman–Crippen LogP) is 1.67. The molecule has 0 radical (unpaired) electrons. The Balaban J connectivity index is 2.34. The van der Waals surface area contributed by atoms with Crippen LogP contribution in [0.15, 0.2) is 22.8 Å². The standard InChI is InChI=1S/C14H20N4O3S/c1-9(2)6-12-16-18(8-11(15)13(19)20)14(22)17(12)7-10-4-3-5-21-10/h3-5,9,11H,6-8,15H2,1-2H3,(H,19,20)/t11-/m0/s1. The topological polar surface area (TPSA) is 99.2 Å². The summed E-state index contributed by atoms with van der Waals surface area (Å²) < 4.78 is 9.15. The number of nitrogens with zero attached hydrogens (tertiary/aromatic N) is 3. The number of aromatic nitrogens is 3. The SMILES string of the molecule is CC(C)Cc1nn(C[C@H](N)C(=O)O)c(=S)n1Cc1ccco1. The third-order valence-electron chi connectivity index (χ3n) is 3.17. The van der Waals surface area contributed by atoms with Gasteiger partial charge in [0.05, 0.1) is 19.4 Å². The molecule has 2 aromatic heterocycles. The first-order valence-electron chi connectivity index (χ1n) is 7.05. The Labute approximate surface area is 133 Å². The van der Waals surface area contributed by atoms with Gasteiger partial charge in [-0.1, -0.05) is 13.8 Å². The van der Waals surface area contributed by atoms with Gasteiger partial charge in [0.2, 0.25) is 0 Å². The van der Waals surface area contributed by atoms with Crippen molar-refractivity contribution in [2.24, 2.45) is 11.7 Å². The molecule has 0 aliphatic carbocycles. The molecule has 0 saturated heterocycles. The molecule has 3 N–H and O–H groups in total. The highest BCUT2D eigenvalue weighted by molar-refractivity contribution is 7.71. The van der Waals surface area contributed by atoms with E-state index in [1.54, 1.807) is 6.26 Å². The Morgan fingerprint density at radius 3 is 2.82 bits per heavy atom. The van der Waals surface area contributed by atoms with Gasteiger partial charge in [-0.25, -0.2) is 4.68 Å². The van der Waals surface area contributed by atoms with Crippen molar-refractivity contribution in [1.29, 1.82) is 0 Å². The predicted molar refractivity (Wildman–Crippen MR) is 83.0 cm³/mol. The first kappa shape index (κ1) is 16.4. The number of furan rings is 1. The molecule has 0 bridgehead atoms. The maximum absolute atomic E-state index is 10.9. The van der Waals surface area contributed by atoms with Crippen molar-refractivity contribution in [3.63, 3.8) is 0 Å². The molecule has 2 heterocycles. The van der Waals surface area contributed by atoms with Gasteiger partial charge in [0, 0.05) is 6.42 Å². The second-order valence-corrected chi connectivity index (χ2v) is 5.95. The van der Waals surface area contributed by atoms with Crippen molar-refractivity contribution in [1.82, 2.24) is 14.3 Å². The van der Waals surface area contributed by atoms with Gasteiger partial charge in [0.25, 0.3) is 0 Å². The van der Waals surface area contributed by atoms with Crippen LogP contribution in [0.25, 0.3) is 0 Å². The van der Waals surface area contributed by atoms with Crippen LogP contribution in [0.4, 0.5) is 0 Å². The molecule has 1 atom stereocenters. The Kier molecular flexibility index (Phi) is 5.15. The minimum absolute atomic E-state index is 0.0460. The summed E-state index contributed by atoms with van der Waals surface area (Å²) >= 11 is 5.42. The molecular weight excluding hydrogens is 304 g/mol. The molecule has 7 nitrogen and oxygen atoms in total. The Morgan fingerprint density at radius 2 is 2.27 bits per heavy atom. The van der Waals surface area contributed by atoms with E-state index in [0.717, 1.165) is 18.0 Å². The molecule has 0 fully saturated rings. The normalized spacial score (nSPS) is 12.7. The molecular formula is C14H20N4O3S. The van der Waals surface area contributed by atoms with E-state index < -0.39 is 12.0 Å². The fraction of sp³-hybridized carbons (Fsp3) is 0.500. The summed E-state index contributed by atoms with van der Waals surface area (Å²) in [6.45, 7) is 4.69. The van der Waals surface area contributed by atoms with E-state index in [1.165, 1.54) is 4.68 Å². The lowest BCUT2D eigenvalue weighted by molar-refractivity contribution is -0.138. The molecule has 0 spiro atoms. The highest BCUT2D eigenvalue weighted by Crippen LogP contribution is 2.12. The van der Waals surface area contributed by atoms with E-state index in [9.17, 15) is 4.79 Å². The Hall–Kier alpha value is -1.93. The molecule has 120 valence electrons. The highest BCUT2D eigenvalue weighted by Gasteiger charge is 2.18. The van der Waals surface area contributed by atoms with E-state index in [2.05, 4.69) is 18.9 Å². The number of aliphatic carboxylic acids is 1. The molecule has 22 heavy (non-hydrogen) atoms. The van der Waals surface area contributed by atoms with Gasteiger partial charge in [-0.2, -0.15) is 5.10 Å². The molecule has 0 aliphatic rings. The largest absolute Gasteiger partial charge is 0.480 e. The number of hydrogen-bond donors (Lipinski definition) is 2. The molecule has 0 aliphatic heterocycles. The molecule has 0 aromatic carbocycles. The molecule has 2 aromatic rings. The van der Waals surface area contributed by atoms with Crippen molar-refractivity contribution >= 4 is 18.2 Å². The van der Waals surface area contributed by atoms with Crippen molar-refractivity contribution in [3.8, 4) is 0 Å². The van der Waals surface area contributed by atoms with E-state index in [1.807, 2.05) is 16.7 Å². The number of nitrogens with two attached hydrogens (primary N) is 1. The van der Waals surface area contributed by atoms with Crippen LogP contribution in [-0.4, -0.2) is 31.5 Å². The van der Waals surface area contributed by atoms with Gasteiger partial charge in [0.1, 0.15) is 17.6 Å². The van der Waals surface area contributed by atoms with Crippen LogP contribution in [0, 0.1) is 10.7 Å². The van der Waals surface area contributed by atoms with Crippen LogP contribution in [0.3, 0.4) is 0 Å². The Morgan fingerprint density at radius 1 is 1.55 bits per heavy atom. The monoisotopic (exact) mass is 324 g/mol. The minimum Gasteiger partial charge on any atom is -0.480 e. The number of hydrogen-bond acceptors (Lipinski definition) is 5. The first-order valence-corrected chi connectivity index (χ1v) is 7.46. The van der Waals surface area contributed by atoms with Crippen LogP contribution in [-0.2, 0) is 24.3 Å². The maximum atomic E-state index is 10.9. The summed E-state index contributed by atoms with van der Waals surface area (Å²) in [6, 6.07) is 2.64. The van der Waals surface area contributed by atoms with Crippen molar-refractivity contribution in [2.75, 3.05) is 0 Å². The maximum Gasteiger partial charge on any atom is 0.322 e. The Bertz CT molecular complexity index is 688. The van der Waals surface area contributed by atoms with E-state index in [-0.39, 0.29) is 6.54 Å². The average molecular weight is 324 g/mol. The fourth-order valence-corrected chi connectivity index (χ4v) is 2.39. The van der Waals surface area contributed by atoms with Crippen molar-refractivity contribution in [2.45, 2.75) is 39.4 Å². The average Bonchev–Trinajstić information content (AvgIpc) is 3.02. The van der Waals surface area contributed by atoms with Crippen LogP contribution in [0.5, 0.6) is 0 Å². The zero-order valence-electron chi connectivity index (χ0n) is 12.6. The lowest BCUT2D eigenvalue weighted by atomic mass is 10.1. The lowest BCUT2D eigenvalue weighted by Crippen LogP contribution is -2.35. The van der Waals surface area contributed by atoms with Gasteiger partial charge in [-0.15, -0.1) is 0 Å². The van der Waals surface area contributed by atoms with Gasteiger partial charge >= 0.3 is 5.97 Å². The molecule has 0 amide bonds. The minimum atomic E-state index is -1.08. The van der Waals surface area contributed by atoms with Gasteiger partial charge < -0.3 is 15.3 Å². The summed E-state index contributed by atoms with van der Waals surface area (Å²) in [6.07, 6.45) is 2.34. The third-order valence-corrected chi connectivity index (χ3v) is 3.60. The van der Waals surface area contributed by atoms with Crippen molar-refractivity contribution < 1.29 is 14.3 Å². The summed E-state index contributed by atoms with van der Waals surface area (Å²) in [5.41, 5.74) is 5.58. The summed E-state index contributed by atoms with van der Waals surface area (Å²) in [5, 5.41) is 13.4. The van der Waals surface area contributed by atoms with Gasteiger partial charge in [-0.05, 0) is 30.3 Å². The van der Waals surface area contributed by atoms with E-state index in [4.69, 9.17) is 27.5 Å². The quantitative estimate of drug-likeness (QED) is 0.752. The smallest absolute Gasteiger partial charge is 0.322 e. The number of carboxylic acid groups (broad SMARTS) is 1. The fourth-order valence-electron chi connectivity index (χ4n) is 2.10. The first-order chi connectivity index (χ1) is 10.4. The second kappa shape index (κ2) is 6.89. The van der Waals surface area contributed by atoms with Crippen LogP contribution < -0.4 is 5.73 Å². The van der Waals surface area contributed by atoms with Crippen LogP contribution in [0.2, 0.25) is 0 Å². The van der Waals surface area contributed by atoms with E-state index in [0.29, 0.717) is 17.2 Å². The third kappa shape index (κ3) is 3.83. The summed E-state index contributed by atoms with van der Waals surface area (Å²) in [4.78, 5) is 10.9. The highest BCUT2D eigenvalue weighted by atomic mass is 32.1. The lowest BCUT2D eigenvalue weighted by Gasteiger charge is -2.06. The van der Waals surface area contributed by atoms with Gasteiger partial charge in [-0.3, -0.25) is 9.36 Å². The molecule has 0 saturated carbocycles. The number of rotatable bonds is 7. The zero-order chi connectivity index (χ0) is 16.3.